The summed E-state index contributed by atoms with van der Waals surface area (Å²) in [4.78, 5) is 13.0. The van der Waals surface area contributed by atoms with Crippen molar-refractivity contribution in [2.45, 2.75) is 20.4 Å². The number of hydrogen-bond acceptors (Lipinski definition) is 5. The lowest BCUT2D eigenvalue weighted by molar-refractivity contribution is 0.561. The average Bonchev–Trinajstić information content (AvgIpc) is 2.76. The van der Waals surface area contributed by atoms with Crippen LogP contribution < -0.4 is 5.73 Å². The van der Waals surface area contributed by atoms with E-state index in [1.54, 1.807) is 0 Å². The third-order valence-corrected chi connectivity index (χ3v) is 2.89. The molecule has 0 bridgehead atoms. The van der Waals surface area contributed by atoms with Crippen molar-refractivity contribution in [2.24, 2.45) is 5.73 Å². The van der Waals surface area contributed by atoms with E-state index in [0.717, 1.165) is 28.1 Å². The van der Waals surface area contributed by atoms with Crippen LogP contribution in [0.3, 0.4) is 0 Å². The Morgan fingerprint density at radius 2 is 1.95 bits per heavy atom. The highest BCUT2D eigenvalue weighted by Gasteiger charge is 2.07. The molecule has 0 saturated carbocycles. The third kappa shape index (κ3) is 2.20. The van der Waals surface area contributed by atoms with Crippen LogP contribution >= 0.6 is 0 Å². The summed E-state index contributed by atoms with van der Waals surface area (Å²) < 4.78 is 5.54. The molecule has 1 aromatic carbocycles. The monoisotopic (exact) mass is 254 g/mol. The first-order chi connectivity index (χ1) is 9.15. The van der Waals surface area contributed by atoms with E-state index in [0.29, 0.717) is 18.3 Å². The lowest BCUT2D eigenvalue weighted by atomic mass is 10.1. The summed E-state index contributed by atoms with van der Waals surface area (Å²) in [6.07, 6.45) is 0. The standard InChI is InChI=1S/C14H14N4O/c1-8-16-11(7-15)6-13(17-8)10-3-4-12-14(5-10)19-9(2)18-12/h3-6H,7,15H2,1-2H3. The molecule has 2 heterocycles. The molecular weight excluding hydrogens is 240 g/mol. The molecule has 0 amide bonds. The minimum absolute atomic E-state index is 0.403. The van der Waals surface area contributed by atoms with Crippen LogP contribution in [-0.4, -0.2) is 15.0 Å². The molecular formula is C14H14N4O. The van der Waals surface area contributed by atoms with Crippen LogP contribution in [0.25, 0.3) is 22.4 Å². The Kier molecular flexibility index (Phi) is 2.76. The van der Waals surface area contributed by atoms with Crippen molar-refractivity contribution in [1.29, 1.82) is 0 Å². The van der Waals surface area contributed by atoms with Gasteiger partial charge in [-0.05, 0) is 25.1 Å². The van der Waals surface area contributed by atoms with Crippen molar-refractivity contribution >= 4 is 11.1 Å². The molecule has 0 spiro atoms. The number of hydrogen-bond donors (Lipinski definition) is 1. The van der Waals surface area contributed by atoms with Crippen LogP contribution in [0.2, 0.25) is 0 Å². The summed E-state index contributed by atoms with van der Waals surface area (Å²) in [6, 6.07) is 7.75. The Morgan fingerprint density at radius 3 is 2.74 bits per heavy atom. The van der Waals surface area contributed by atoms with E-state index in [4.69, 9.17) is 10.2 Å². The van der Waals surface area contributed by atoms with Gasteiger partial charge in [-0.25, -0.2) is 15.0 Å². The molecule has 96 valence electrons. The van der Waals surface area contributed by atoms with Crippen LogP contribution in [0.4, 0.5) is 0 Å². The van der Waals surface area contributed by atoms with Gasteiger partial charge in [0.25, 0.3) is 0 Å². The number of nitrogens with two attached hydrogens (primary N) is 1. The molecule has 0 atom stereocenters. The molecule has 2 N–H and O–H groups in total. The van der Waals surface area contributed by atoms with E-state index in [9.17, 15) is 0 Å². The fourth-order valence-corrected chi connectivity index (χ4v) is 2.08. The number of nitrogens with zero attached hydrogens (tertiary/aromatic N) is 3. The van der Waals surface area contributed by atoms with Crippen LogP contribution in [0, 0.1) is 13.8 Å². The molecule has 2 aromatic heterocycles. The van der Waals surface area contributed by atoms with Gasteiger partial charge < -0.3 is 10.2 Å². The topological polar surface area (TPSA) is 77.8 Å². The molecule has 0 aliphatic rings. The molecule has 19 heavy (non-hydrogen) atoms. The van der Waals surface area contributed by atoms with E-state index < -0.39 is 0 Å². The van der Waals surface area contributed by atoms with E-state index in [2.05, 4.69) is 15.0 Å². The first kappa shape index (κ1) is 11.8. The van der Waals surface area contributed by atoms with Gasteiger partial charge in [-0.2, -0.15) is 0 Å². The molecule has 3 rings (SSSR count). The molecule has 0 radical (unpaired) electrons. The summed E-state index contributed by atoms with van der Waals surface area (Å²) >= 11 is 0. The number of rotatable bonds is 2. The van der Waals surface area contributed by atoms with E-state index in [1.165, 1.54) is 0 Å². The predicted octanol–water partition coefficient (Wildman–Crippen LogP) is 2.36. The van der Waals surface area contributed by atoms with Gasteiger partial charge >= 0.3 is 0 Å². The van der Waals surface area contributed by atoms with E-state index >= 15 is 0 Å². The minimum atomic E-state index is 0.403. The number of fused-ring (bicyclic) bond motifs is 1. The van der Waals surface area contributed by atoms with Crippen molar-refractivity contribution in [3.63, 3.8) is 0 Å². The second kappa shape index (κ2) is 4.44. The largest absolute Gasteiger partial charge is 0.441 e. The summed E-state index contributed by atoms with van der Waals surface area (Å²) in [7, 11) is 0. The van der Waals surface area contributed by atoms with Crippen molar-refractivity contribution < 1.29 is 4.42 Å². The second-order valence-electron chi connectivity index (χ2n) is 4.41. The van der Waals surface area contributed by atoms with Gasteiger partial charge in [-0.15, -0.1) is 0 Å². The Labute approximate surface area is 110 Å². The molecule has 0 unspecified atom stereocenters. The highest BCUT2D eigenvalue weighted by molar-refractivity contribution is 5.79. The Morgan fingerprint density at radius 1 is 1.11 bits per heavy atom. The Bertz CT molecular complexity index is 748. The van der Waals surface area contributed by atoms with Gasteiger partial charge in [0.1, 0.15) is 11.3 Å². The molecule has 3 aromatic rings. The zero-order valence-electron chi connectivity index (χ0n) is 10.8. The normalized spacial score (nSPS) is 11.1. The van der Waals surface area contributed by atoms with Gasteiger partial charge in [-0.3, -0.25) is 0 Å². The Hall–Kier alpha value is -2.27. The molecule has 5 nitrogen and oxygen atoms in total. The summed E-state index contributed by atoms with van der Waals surface area (Å²) in [5.74, 6) is 1.38. The third-order valence-electron chi connectivity index (χ3n) is 2.89. The SMILES string of the molecule is Cc1nc(CN)cc(-c2ccc3nc(C)oc3c2)n1. The number of aromatic nitrogens is 3. The molecule has 0 saturated heterocycles. The minimum Gasteiger partial charge on any atom is -0.441 e. The maximum atomic E-state index is 5.64. The fraction of sp³-hybridized carbons (Fsp3) is 0.214. The number of aryl methyl sites for hydroxylation is 2. The summed E-state index contributed by atoms with van der Waals surface area (Å²) in [5.41, 5.74) is 9.91. The van der Waals surface area contributed by atoms with Gasteiger partial charge in [-0.1, -0.05) is 6.07 Å². The molecule has 0 fully saturated rings. The highest BCUT2D eigenvalue weighted by atomic mass is 16.3. The quantitative estimate of drug-likeness (QED) is 0.759. The zero-order valence-corrected chi connectivity index (χ0v) is 10.8. The lowest BCUT2D eigenvalue weighted by Gasteiger charge is -2.04. The molecule has 0 aliphatic carbocycles. The molecule has 0 aliphatic heterocycles. The summed E-state index contributed by atoms with van der Waals surface area (Å²) in [6.45, 7) is 4.10. The highest BCUT2D eigenvalue weighted by Crippen LogP contribution is 2.24. The van der Waals surface area contributed by atoms with Gasteiger partial charge in [0, 0.05) is 19.0 Å². The van der Waals surface area contributed by atoms with Gasteiger partial charge in [0.15, 0.2) is 11.5 Å². The molecule has 5 heteroatoms. The van der Waals surface area contributed by atoms with Crippen molar-refractivity contribution in [3.05, 3.63) is 41.7 Å². The van der Waals surface area contributed by atoms with Gasteiger partial charge in [0.05, 0.1) is 11.4 Å². The van der Waals surface area contributed by atoms with E-state index in [-0.39, 0.29) is 0 Å². The zero-order chi connectivity index (χ0) is 13.4. The van der Waals surface area contributed by atoms with Crippen molar-refractivity contribution in [1.82, 2.24) is 15.0 Å². The second-order valence-corrected chi connectivity index (χ2v) is 4.41. The van der Waals surface area contributed by atoms with Gasteiger partial charge in [0.2, 0.25) is 0 Å². The fourth-order valence-electron chi connectivity index (χ4n) is 2.08. The lowest BCUT2D eigenvalue weighted by Crippen LogP contribution is -2.03. The Balaban J connectivity index is 2.15. The smallest absolute Gasteiger partial charge is 0.192 e. The van der Waals surface area contributed by atoms with Crippen LogP contribution in [0.15, 0.2) is 28.7 Å². The van der Waals surface area contributed by atoms with Crippen LogP contribution in [0.5, 0.6) is 0 Å². The first-order valence-electron chi connectivity index (χ1n) is 6.08. The first-order valence-corrected chi connectivity index (χ1v) is 6.08. The number of oxazole rings is 1. The van der Waals surface area contributed by atoms with Crippen molar-refractivity contribution in [2.75, 3.05) is 0 Å². The van der Waals surface area contributed by atoms with E-state index in [1.807, 2.05) is 38.1 Å². The van der Waals surface area contributed by atoms with Crippen LogP contribution in [-0.2, 0) is 6.54 Å². The van der Waals surface area contributed by atoms with Crippen LogP contribution in [0.1, 0.15) is 17.4 Å². The van der Waals surface area contributed by atoms with Crippen molar-refractivity contribution in [3.8, 4) is 11.3 Å². The summed E-state index contributed by atoms with van der Waals surface area (Å²) in [5, 5.41) is 0. The maximum Gasteiger partial charge on any atom is 0.192 e. The number of benzene rings is 1. The predicted molar refractivity (Wildman–Crippen MR) is 72.4 cm³/mol. The maximum absolute atomic E-state index is 5.64. The average molecular weight is 254 g/mol.